The summed E-state index contributed by atoms with van der Waals surface area (Å²) in [5.41, 5.74) is 0.540. The van der Waals surface area contributed by atoms with Crippen LogP contribution in [-0.4, -0.2) is 24.4 Å². The lowest BCUT2D eigenvalue weighted by Gasteiger charge is -2.43. The Morgan fingerprint density at radius 2 is 1.71 bits per heavy atom. The first-order valence-corrected chi connectivity index (χ1v) is 14.0. The summed E-state index contributed by atoms with van der Waals surface area (Å²) >= 11 is 0. The molecule has 31 heavy (non-hydrogen) atoms. The number of aliphatic hydroxyl groups is 1. The van der Waals surface area contributed by atoms with E-state index in [0.717, 1.165) is 35.5 Å². The van der Waals surface area contributed by atoms with Crippen LogP contribution in [-0.2, 0) is 4.74 Å². The number of hydrogen-bond acceptors (Lipinski definition) is 2. The van der Waals surface area contributed by atoms with E-state index < -0.39 is 0 Å². The molecule has 2 nitrogen and oxygen atoms in total. The van der Waals surface area contributed by atoms with Crippen molar-refractivity contribution < 1.29 is 9.84 Å². The van der Waals surface area contributed by atoms with Crippen molar-refractivity contribution in [2.45, 2.75) is 131 Å². The van der Waals surface area contributed by atoms with Gasteiger partial charge in [0.05, 0.1) is 19.3 Å². The summed E-state index contributed by atoms with van der Waals surface area (Å²) in [5.74, 6) is 5.30. The van der Waals surface area contributed by atoms with Crippen LogP contribution in [0.2, 0.25) is 0 Å². The molecule has 0 aliphatic heterocycles. The van der Waals surface area contributed by atoms with Gasteiger partial charge in [-0.1, -0.05) is 86.5 Å². The Bertz CT molecular complexity index is 475. The molecular weight excluding hydrogens is 380 g/mol. The van der Waals surface area contributed by atoms with Crippen molar-refractivity contribution >= 4 is 0 Å². The molecule has 0 spiro atoms. The fraction of sp³-hybridized carbons (Fsp3) is 1.00. The Morgan fingerprint density at radius 1 is 0.968 bits per heavy atom. The zero-order valence-electron chi connectivity index (χ0n) is 22.0. The summed E-state index contributed by atoms with van der Waals surface area (Å²) < 4.78 is 5.93. The Kier molecular flexibility index (Phi) is 11.9. The predicted octanol–water partition coefficient (Wildman–Crippen LogP) is 8.27. The van der Waals surface area contributed by atoms with E-state index in [2.05, 4.69) is 41.5 Å². The first kappa shape index (κ1) is 27.2. The minimum Gasteiger partial charge on any atom is -0.394 e. The van der Waals surface area contributed by atoms with E-state index in [1.165, 1.54) is 83.5 Å². The van der Waals surface area contributed by atoms with Crippen LogP contribution in [0.5, 0.6) is 0 Å². The van der Waals surface area contributed by atoms with Gasteiger partial charge >= 0.3 is 0 Å². The normalized spacial score (nSPS) is 36.6. The van der Waals surface area contributed by atoms with E-state index in [1.54, 1.807) is 0 Å². The number of aliphatic hydroxyl groups excluding tert-OH is 1. The van der Waals surface area contributed by atoms with Crippen LogP contribution in [0.1, 0.15) is 125 Å². The molecule has 2 heteroatoms. The molecule has 0 heterocycles. The van der Waals surface area contributed by atoms with E-state index in [9.17, 15) is 0 Å². The van der Waals surface area contributed by atoms with Crippen molar-refractivity contribution in [3.8, 4) is 0 Å². The lowest BCUT2D eigenvalue weighted by Crippen LogP contribution is -2.36. The summed E-state index contributed by atoms with van der Waals surface area (Å²) in [7, 11) is 0. The van der Waals surface area contributed by atoms with Crippen LogP contribution < -0.4 is 0 Å². The molecule has 2 saturated carbocycles. The molecule has 0 aromatic heterocycles. The predicted molar refractivity (Wildman–Crippen MR) is 134 cm³/mol. The highest BCUT2D eigenvalue weighted by atomic mass is 16.5. The van der Waals surface area contributed by atoms with E-state index in [1.807, 2.05) is 0 Å². The van der Waals surface area contributed by atoms with Crippen molar-refractivity contribution in [2.75, 3.05) is 13.2 Å². The van der Waals surface area contributed by atoms with Crippen LogP contribution in [0.25, 0.3) is 0 Å². The molecule has 2 aliphatic carbocycles. The van der Waals surface area contributed by atoms with Gasteiger partial charge in [-0.15, -0.1) is 0 Å². The quantitative estimate of drug-likeness (QED) is 0.373. The fourth-order valence-corrected chi connectivity index (χ4v) is 7.47. The van der Waals surface area contributed by atoms with Gasteiger partial charge in [0.15, 0.2) is 0 Å². The number of rotatable bonds is 10. The smallest absolute Gasteiger partial charge is 0.0701 e. The Balaban J connectivity index is 1.99. The minimum absolute atomic E-state index is 0.155. The maximum absolute atomic E-state index is 9.11. The van der Waals surface area contributed by atoms with Gasteiger partial charge in [0.25, 0.3) is 0 Å². The minimum atomic E-state index is 0.155. The molecule has 7 unspecified atom stereocenters. The van der Waals surface area contributed by atoms with Gasteiger partial charge in [-0.25, -0.2) is 0 Å². The molecule has 0 aromatic carbocycles. The van der Waals surface area contributed by atoms with Gasteiger partial charge in [-0.05, 0) is 79.4 Å². The van der Waals surface area contributed by atoms with Gasteiger partial charge in [0.2, 0.25) is 0 Å². The van der Waals surface area contributed by atoms with Crippen molar-refractivity contribution in [1.29, 1.82) is 0 Å². The molecule has 7 atom stereocenters. The third-order valence-electron chi connectivity index (χ3n) is 9.42. The number of hydrogen-bond donors (Lipinski definition) is 1. The van der Waals surface area contributed by atoms with Gasteiger partial charge in [0, 0.05) is 0 Å². The van der Waals surface area contributed by atoms with Crippen LogP contribution >= 0.6 is 0 Å². The molecule has 0 aromatic rings. The van der Waals surface area contributed by atoms with Crippen LogP contribution in [0.4, 0.5) is 0 Å². The zero-order valence-corrected chi connectivity index (χ0v) is 22.0. The molecular formula is C29H56O2. The van der Waals surface area contributed by atoms with Crippen molar-refractivity contribution in [1.82, 2.24) is 0 Å². The SMILES string of the molecule is CCC1(C)C(C(C)CCCC(C)C)CCC1C1CCCCC(OCCO)CCC(C)C1. The second kappa shape index (κ2) is 13.6. The van der Waals surface area contributed by atoms with Crippen molar-refractivity contribution in [3.05, 3.63) is 0 Å². The molecule has 0 radical (unpaired) electrons. The topological polar surface area (TPSA) is 29.5 Å². The van der Waals surface area contributed by atoms with E-state index in [0.29, 0.717) is 18.1 Å². The Labute approximate surface area is 195 Å². The highest BCUT2D eigenvalue weighted by Gasteiger charge is 2.49. The van der Waals surface area contributed by atoms with Crippen molar-refractivity contribution in [3.63, 3.8) is 0 Å². The Hall–Kier alpha value is -0.0800. The number of ether oxygens (including phenoxy) is 1. The molecule has 0 amide bonds. The van der Waals surface area contributed by atoms with Gasteiger partial charge in [-0.3, -0.25) is 0 Å². The Morgan fingerprint density at radius 3 is 2.39 bits per heavy atom. The largest absolute Gasteiger partial charge is 0.394 e. The monoisotopic (exact) mass is 436 g/mol. The lowest BCUT2D eigenvalue weighted by atomic mass is 9.62. The summed E-state index contributed by atoms with van der Waals surface area (Å²) in [6.07, 6.45) is 18.1. The first-order valence-electron chi connectivity index (χ1n) is 14.0. The molecule has 0 bridgehead atoms. The molecule has 2 aliphatic rings. The van der Waals surface area contributed by atoms with Gasteiger partial charge in [-0.2, -0.15) is 0 Å². The fourth-order valence-electron chi connectivity index (χ4n) is 7.47. The summed E-state index contributed by atoms with van der Waals surface area (Å²) in [4.78, 5) is 0. The highest BCUT2D eigenvalue weighted by molar-refractivity contribution is 4.98. The lowest BCUT2D eigenvalue weighted by molar-refractivity contribution is 0.00952. The van der Waals surface area contributed by atoms with E-state index in [-0.39, 0.29) is 6.61 Å². The molecule has 2 fully saturated rings. The van der Waals surface area contributed by atoms with E-state index in [4.69, 9.17) is 9.84 Å². The van der Waals surface area contributed by atoms with Crippen LogP contribution in [0, 0.1) is 40.9 Å². The standard InChI is InChI=1S/C29H56O2/c1-7-29(6)27(24(5)12-10-11-22(2)3)17-18-28(29)25-13-8-9-14-26(31-20-19-30)16-15-23(4)21-25/h22-28,30H,7-21H2,1-6H3. The third-order valence-corrected chi connectivity index (χ3v) is 9.42. The highest BCUT2D eigenvalue weighted by Crippen LogP contribution is 2.58. The summed E-state index contributed by atoms with van der Waals surface area (Å²) in [6.45, 7) is 15.6. The third kappa shape index (κ3) is 8.02. The maximum atomic E-state index is 9.11. The average molecular weight is 437 g/mol. The van der Waals surface area contributed by atoms with Crippen LogP contribution in [0.3, 0.4) is 0 Å². The average Bonchev–Trinajstić information content (AvgIpc) is 3.08. The van der Waals surface area contributed by atoms with Gasteiger partial charge < -0.3 is 9.84 Å². The first-order chi connectivity index (χ1) is 14.8. The molecule has 184 valence electrons. The van der Waals surface area contributed by atoms with Crippen molar-refractivity contribution in [2.24, 2.45) is 40.9 Å². The van der Waals surface area contributed by atoms with E-state index >= 15 is 0 Å². The zero-order chi connectivity index (χ0) is 22.9. The molecule has 2 rings (SSSR count). The van der Waals surface area contributed by atoms with Gasteiger partial charge in [0.1, 0.15) is 0 Å². The second-order valence-corrected chi connectivity index (χ2v) is 12.1. The molecule has 0 saturated heterocycles. The second-order valence-electron chi connectivity index (χ2n) is 12.1. The maximum Gasteiger partial charge on any atom is 0.0701 e. The molecule has 1 N–H and O–H groups in total. The van der Waals surface area contributed by atoms with Crippen LogP contribution in [0.15, 0.2) is 0 Å². The summed E-state index contributed by atoms with van der Waals surface area (Å²) in [6, 6.07) is 0. The summed E-state index contributed by atoms with van der Waals surface area (Å²) in [5, 5.41) is 9.11.